The van der Waals surface area contributed by atoms with Crippen molar-refractivity contribution in [3.63, 3.8) is 0 Å². The minimum absolute atomic E-state index is 0.0858. The van der Waals surface area contributed by atoms with Crippen LogP contribution in [0.3, 0.4) is 0 Å². The standard InChI is InChI=1S/C17H24N4O/c1-11-13(12(2)20-19-11)7-8-17(22)18-15-5-4-6-16-14(15)9-10-21(16)3/h4-6,9-13,19-20H,7-8H2,1-3H3,(H,18,22). The van der Waals surface area contributed by atoms with Gasteiger partial charge in [0.05, 0.1) is 5.69 Å². The Labute approximate surface area is 131 Å². The molecule has 1 amide bonds. The number of amides is 1. The molecule has 1 aliphatic rings. The Bertz CT molecular complexity index is 668. The van der Waals surface area contributed by atoms with Crippen LogP contribution in [-0.4, -0.2) is 22.6 Å². The molecule has 1 fully saturated rings. The zero-order valence-corrected chi connectivity index (χ0v) is 13.4. The van der Waals surface area contributed by atoms with Crippen molar-refractivity contribution in [2.45, 2.75) is 38.8 Å². The molecule has 3 N–H and O–H groups in total. The van der Waals surface area contributed by atoms with Gasteiger partial charge in [0.2, 0.25) is 5.91 Å². The molecule has 1 aromatic heterocycles. The molecule has 1 aromatic carbocycles. The average Bonchev–Trinajstić information content (AvgIpc) is 3.02. The lowest BCUT2D eigenvalue weighted by atomic mass is 9.91. The highest BCUT2D eigenvalue weighted by Gasteiger charge is 2.29. The second-order valence-electron chi connectivity index (χ2n) is 6.28. The summed E-state index contributed by atoms with van der Waals surface area (Å²) in [5, 5.41) is 4.15. The second kappa shape index (κ2) is 6.10. The number of aromatic nitrogens is 1. The molecule has 0 radical (unpaired) electrons. The van der Waals surface area contributed by atoms with Crippen LogP contribution in [0.15, 0.2) is 30.5 Å². The molecule has 0 aliphatic carbocycles. The summed E-state index contributed by atoms with van der Waals surface area (Å²) in [6.07, 6.45) is 3.45. The van der Waals surface area contributed by atoms with E-state index in [9.17, 15) is 4.79 Å². The van der Waals surface area contributed by atoms with E-state index < -0.39 is 0 Å². The van der Waals surface area contributed by atoms with Crippen molar-refractivity contribution in [3.8, 4) is 0 Å². The van der Waals surface area contributed by atoms with E-state index in [0.29, 0.717) is 24.4 Å². The van der Waals surface area contributed by atoms with Gasteiger partial charge in [-0.05, 0) is 44.4 Å². The van der Waals surface area contributed by atoms with Crippen LogP contribution in [-0.2, 0) is 11.8 Å². The average molecular weight is 300 g/mol. The van der Waals surface area contributed by atoms with Crippen LogP contribution in [0, 0.1) is 5.92 Å². The van der Waals surface area contributed by atoms with Crippen LogP contribution in [0.2, 0.25) is 0 Å². The first-order valence-electron chi connectivity index (χ1n) is 7.91. The van der Waals surface area contributed by atoms with Gasteiger partial charge in [-0.15, -0.1) is 0 Å². The molecule has 2 atom stereocenters. The zero-order chi connectivity index (χ0) is 15.7. The highest BCUT2D eigenvalue weighted by molar-refractivity contribution is 6.01. The first kappa shape index (κ1) is 15.1. The molecule has 0 bridgehead atoms. The quantitative estimate of drug-likeness (QED) is 0.812. The van der Waals surface area contributed by atoms with E-state index in [1.165, 1.54) is 0 Å². The number of nitrogens with zero attached hydrogens (tertiary/aromatic N) is 1. The van der Waals surface area contributed by atoms with Crippen LogP contribution in [0.25, 0.3) is 10.9 Å². The van der Waals surface area contributed by atoms with Crippen LogP contribution >= 0.6 is 0 Å². The van der Waals surface area contributed by atoms with Crippen molar-refractivity contribution in [1.82, 2.24) is 15.4 Å². The molecule has 1 aliphatic heterocycles. The Morgan fingerprint density at radius 1 is 1.23 bits per heavy atom. The fourth-order valence-corrected chi connectivity index (χ4v) is 3.33. The Morgan fingerprint density at radius 3 is 2.68 bits per heavy atom. The number of rotatable bonds is 4. The molecular weight excluding hydrogens is 276 g/mol. The van der Waals surface area contributed by atoms with Crippen LogP contribution in [0.4, 0.5) is 5.69 Å². The Hall–Kier alpha value is -1.85. The number of nitrogens with one attached hydrogen (secondary N) is 3. The first-order valence-corrected chi connectivity index (χ1v) is 7.91. The number of benzene rings is 1. The third-order valence-electron chi connectivity index (χ3n) is 4.73. The Morgan fingerprint density at radius 2 is 1.95 bits per heavy atom. The lowest BCUT2D eigenvalue weighted by molar-refractivity contribution is -0.116. The summed E-state index contributed by atoms with van der Waals surface area (Å²) in [5.74, 6) is 0.570. The molecule has 22 heavy (non-hydrogen) atoms. The van der Waals surface area contributed by atoms with Gasteiger partial charge in [0, 0.05) is 42.7 Å². The Balaban J connectivity index is 1.64. The molecule has 0 spiro atoms. The van der Waals surface area contributed by atoms with Gasteiger partial charge in [-0.25, -0.2) is 0 Å². The van der Waals surface area contributed by atoms with Crippen molar-refractivity contribution in [2.24, 2.45) is 13.0 Å². The monoisotopic (exact) mass is 300 g/mol. The smallest absolute Gasteiger partial charge is 0.224 e. The van der Waals surface area contributed by atoms with Gasteiger partial charge in [-0.3, -0.25) is 15.6 Å². The third kappa shape index (κ3) is 2.87. The number of aryl methyl sites for hydroxylation is 1. The van der Waals surface area contributed by atoms with Crippen LogP contribution in [0.5, 0.6) is 0 Å². The maximum atomic E-state index is 12.3. The molecule has 5 nitrogen and oxygen atoms in total. The van der Waals surface area contributed by atoms with Gasteiger partial charge >= 0.3 is 0 Å². The summed E-state index contributed by atoms with van der Waals surface area (Å²) in [4.78, 5) is 12.3. The number of anilines is 1. The molecule has 5 heteroatoms. The lowest BCUT2D eigenvalue weighted by Crippen LogP contribution is -2.30. The van der Waals surface area contributed by atoms with Crippen molar-refractivity contribution in [1.29, 1.82) is 0 Å². The predicted molar refractivity (Wildman–Crippen MR) is 89.5 cm³/mol. The van der Waals surface area contributed by atoms with Gasteiger partial charge in [0.1, 0.15) is 0 Å². The van der Waals surface area contributed by atoms with Crippen LogP contribution < -0.4 is 16.2 Å². The van der Waals surface area contributed by atoms with Gasteiger partial charge < -0.3 is 9.88 Å². The number of hydrogen-bond donors (Lipinski definition) is 3. The zero-order valence-electron chi connectivity index (χ0n) is 13.4. The SMILES string of the molecule is CC1NNC(C)C1CCC(=O)Nc1cccc2c1ccn2C. The lowest BCUT2D eigenvalue weighted by Gasteiger charge is -2.17. The maximum Gasteiger partial charge on any atom is 0.224 e. The minimum atomic E-state index is 0.0858. The normalized spacial score (nSPS) is 24.8. The topological polar surface area (TPSA) is 58.1 Å². The molecule has 2 aromatic rings. The molecule has 2 heterocycles. The van der Waals surface area contributed by atoms with Gasteiger partial charge in [0.15, 0.2) is 0 Å². The van der Waals surface area contributed by atoms with E-state index in [4.69, 9.17) is 0 Å². The number of carbonyl (C=O) groups is 1. The summed E-state index contributed by atoms with van der Waals surface area (Å²) >= 11 is 0. The third-order valence-corrected chi connectivity index (χ3v) is 4.73. The summed E-state index contributed by atoms with van der Waals surface area (Å²) in [5.41, 5.74) is 8.49. The van der Waals surface area contributed by atoms with Crippen molar-refractivity contribution in [2.75, 3.05) is 5.32 Å². The molecule has 3 rings (SSSR count). The van der Waals surface area contributed by atoms with Crippen LogP contribution in [0.1, 0.15) is 26.7 Å². The van der Waals surface area contributed by atoms with Crippen molar-refractivity contribution >= 4 is 22.5 Å². The van der Waals surface area contributed by atoms with E-state index in [1.54, 1.807) is 0 Å². The largest absolute Gasteiger partial charge is 0.350 e. The number of hydrazine groups is 1. The van der Waals surface area contributed by atoms with E-state index in [-0.39, 0.29) is 5.91 Å². The fourth-order valence-electron chi connectivity index (χ4n) is 3.33. The molecular formula is C17H24N4O. The Kier molecular flexibility index (Phi) is 4.18. The first-order chi connectivity index (χ1) is 10.6. The number of hydrogen-bond acceptors (Lipinski definition) is 3. The number of carbonyl (C=O) groups excluding carboxylic acids is 1. The van der Waals surface area contributed by atoms with E-state index in [0.717, 1.165) is 23.0 Å². The second-order valence-corrected chi connectivity index (χ2v) is 6.28. The molecule has 0 saturated carbocycles. The minimum Gasteiger partial charge on any atom is -0.350 e. The van der Waals surface area contributed by atoms with E-state index in [2.05, 4.69) is 40.6 Å². The number of fused-ring (bicyclic) bond motifs is 1. The summed E-state index contributed by atoms with van der Waals surface area (Å²) in [6, 6.07) is 8.85. The molecule has 1 saturated heterocycles. The molecule has 2 unspecified atom stereocenters. The summed E-state index contributed by atoms with van der Waals surface area (Å²) in [6.45, 7) is 4.31. The summed E-state index contributed by atoms with van der Waals surface area (Å²) in [7, 11) is 2.01. The highest BCUT2D eigenvalue weighted by atomic mass is 16.1. The predicted octanol–water partition coefficient (Wildman–Crippen LogP) is 2.40. The maximum absolute atomic E-state index is 12.3. The van der Waals surface area contributed by atoms with E-state index >= 15 is 0 Å². The van der Waals surface area contributed by atoms with E-state index in [1.807, 2.05) is 31.4 Å². The van der Waals surface area contributed by atoms with Gasteiger partial charge in [0.25, 0.3) is 0 Å². The van der Waals surface area contributed by atoms with Crippen molar-refractivity contribution < 1.29 is 4.79 Å². The summed E-state index contributed by atoms with van der Waals surface area (Å²) < 4.78 is 2.06. The van der Waals surface area contributed by atoms with Crippen molar-refractivity contribution in [3.05, 3.63) is 30.5 Å². The van der Waals surface area contributed by atoms with Gasteiger partial charge in [-0.1, -0.05) is 6.07 Å². The highest BCUT2D eigenvalue weighted by Crippen LogP contribution is 2.25. The van der Waals surface area contributed by atoms with Gasteiger partial charge in [-0.2, -0.15) is 0 Å². The fraction of sp³-hybridized carbons (Fsp3) is 0.471. The molecule has 118 valence electrons.